The Morgan fingerprint density at radius 1 is 1.17 bits per heavy atom. The van der Waals surface area contributed by atoms with Crippen LogP contribution in [0, 0.1) is 13.8 Å². The summed E-state index contributed by atoms with van der Waals surface area (Å²) in [5, 5.41) is 7.45. The molecule has 1 aliphatic rings. The Bertz CT molecular complexity index is 1030. The number of benzene rings is 2. The zero-order valence-corrected chi connectivity index (χ0v) is 16.9. The van der Waals surface area contributed by atoms with Crippen LogP contribution in [0.3, 0.4) is 0 Å². The van der Waals surface area contributed by atoms with Gasteiger partial charge < -0.3 is 14.8 Å². The van der Waals surface area contributed by atoms with E-state index in [1.54, 1.807) is 13.3 Å². The van der Waals surface area contributed by atoms with Crippen LogP contribution in [0.1, 0.15) is 34.6 Å². The van der Waals surface area contributed by atoms with Gasteiger partial charge in [-0.05, 0) is 42.7 Å². The molecule has 1 aromatic heterocycles. The Morgan fingerprint density at radius 3 is 2.79 bits per heavy atom. The third-order valence-corrected chi connectivity index (χ3v) is 5.20. The number of anilines is 1. The fourth-order valence-electron chi connectivity index (χ4n) is 4.03. The van der Waals surface area contributed by atoms with Gasteiger partial charge in [0.05, 0.1) is 12.3 Å². The molecule has 0 bridgehead atoms. The van der Waals surface area contributed by atoms with Gasteiger partial charge in [-0.15, -0.1) is 0 Å². The van der Waals surface area contributed by atoms with Crippen LogP contribution in [0.15, 0.2) is 48.8 Å². The lowest BCUT2D eigenvalue weighted by Gasteiger charge is -2.29. The van der Waals surface area contributed by atoms with E-state index in [4.69, 9.17) is 9.47 Å². The second-order valence-corrected chi connectivity index (χ2v) is 7.37. The van der Waals surface area contributed by atoms with Gasteiger partial charge in [-0.1, -0.05) is 23.8 Å². The highest BCUT2D eigenvalue weighted by molar-refractivity contribution is 5.95. The highest BCUT2D eigenvalue weighted by atomic mass is 16.5. The van der Waals surface area contributed by atoms with Crippen LogP contribution in [0.2, 0.25) is 0 Å². The Kier molecular flexibility index (Phi) is 5.36. The molecule has 1 atom stereocenters. The molecule has 1 amide bonds. The van der Waals surface area contributed by atoms with E-state index < -0.39 is 0 Å². The fourth-order valence-corrected chi connectivity index (χ4v) is 4.03. The molecule has 1 unspecified atom stereocenters. The number of ether oxygens (including phenoxy) is 2. The second-order valence-electron chi connectivity index (χ2n) is 7.37. The minimum atomic E-state index is -0.0513. The minimum absolute atomic E-state index is 0.00196. The van der Waals surface area contributed by atoms with Crippen LogP contribution in [0.25, 0.3) is 5.69 Å². The van der Waals surface area contributed by atoms with E-state index in [0.717, 1.165) is 33.8 Å². The van der Waals surface area contributed by atoms with E-state index in [2.05, 4.69) is 36.4 Å². The summed E-state index contributed by atoms with van der Waals surface area (Å²) in [6.45, 7) is 5.15. The summed E-state index contributed by atoms with van der Waals surface area (Å²) in [5.74, 6) is 0.668. The average Bonchev–Trinajstić information content (AvgIpc) is 3.21. The molecule has 1 N–H and O–H groups in total. The number of aryl methyl sites for hydroxylation is 2. The van der Waals surface area contributed by atoms with Crippen molar-refractivity contribution in [3.8, 4) is 11.4 Å². The highest BCUT2D eigenvalue weighted by Crippen LogP contribution is 2.41. The molecule has 150 valence electrons. The van der Waals surface area contributed by atoms with Gasteiger partial charge in [-0.25, -0.2) is 4.68 Å². The Hall–Kier alpha value is -3.12. The number of methoxy groups -OCH3 is 1. The van der Waals surface area contributed by atoms with Crippen molar-refractivity contribution in [1.82, 2.24) is 9.78 Å². The summed E-state index contributed by atoms with van der Waals surface area (Å²) in [7, 11) is 1.64. The summed E-state index contributed by atoms with van der Waals surface area (Å²) < 4.78 is 12.6. The fraction of sp³-hybridized carbons (Fsp3) is 0.304. The van der Waals surface area contributed by atoms with E-state index in [1.807, 2.05) is 35.1 Å². The lowest BCUT2D eigenvalue weighted by atomic mass is 9.82. The number of hydrogen-bond donors (Lipinski definition) is 1. The molecule has 0 saturated heterocycles. The van der Waals surface area contributed by atoms with Crippen molar-refractivity contribution in [2.75, 3.05) is 25.6 Å². The predicted molar refractivity (Wildman–Crippen MR) is 112 cm³/mol. The van der Waals surface area contributed by atoms with Gasteiger partial charge in [0, 0.05) is 43.6 Å². The quantitative estimate of drug-likeness (QED) is 0.646. The third-order valence-electron chi connectivity index (χ3n) is 5.20. The van der Waals surface area contributed by atoms with E-state index in [-0.39, 0.29) is 11.8 Å². The standard InChI is InChI=1S/C23H25N3O3/c1-15-11-16(2)23(26-8-4-7-24-26)20(12-15)19-14-22(27)25-21-13-17(5-6-18(19)21)29-10-9-28-3/h4-8,11-13,19H,9-10,14H2,1-3H3,(H,25,27). The maximum atomic E-state index is 12.6. The van der Waals surface area contributed by atoms with Crippen LogP contribution >= 0.6 is 0 Å². The number of rotatable bonds is 6. The van der Waals surface area contributed by atoms with Crippen molar-refractivity contribution in [2.24, 2.45) is 0 Å². The Morgan fingerprint density at radius 2 is 2.03 bits per heavy atom. The zero-order valence-electron chi connectivity index (χ0n) is 16.9. The highest BCUT2D eigenvalue weighted by Gasteiger charge is 2.29. The van der Waals surface area contributed by atoms with Crippen molar-refractivity contribution in [1.29, 1.82) is 0 Å². The molecular formula is C23H25N3O3. The molecule has 0 radical (unpaired) electrons. The Balaban J connectivity index is 1.79. The second kappa shape index (κ2) is 8.09. The summed E-state index contributed by atoms with van der Waals surface area (Å²) >= 11 is 0. The van der Waals surface area contributed by atoms with Crippen molar-refractivity contribution in [3.63, 3.8) is 0 Å². The molecule has 1 aliphatic heterocycles. The number of nitrogens with one attached hydrogen (secondary N) is 1. The number of carbonyl (C=O) groups is 1. The largest absolute Gasteiger partial charge is 0.491 e. The topological polar surface area (TPSA) is 65.4 Å². The normalized spacial score (nSPS) is 15.7. The smallest absolute Gasteiger partial charge is 0.225 e. The first-order valence-corrected chi connectivity index (χ1v) is 9.73. The SMILES string of the molecule is COCCOc1ccc2c(c1)NC(=O)CC2c1cc(C)cc(C)c1-n1cccn1. The van der Waals surface area contributed by atoms with Crippen LogP contribution in [-0.4, -0.2) is 36.0 Å². The molecule has 6 heteroatoms. The number of aromatic nitrogens is 2. The summed E-state index contributed by atoms with van der Waals surface area (Å²) in [6, 6.07) is 12.1. The van der Waals surface area contributed by atoms with Gasteiger partial charge in [0.2, 0.25) is 5.91 Å². The molecule has 4 rings (SSSR count). The summed E-state index contributed by atoms with van der Waals surface area (Å²) in [6.07, 6.45) is 4.11. The molecule has 0 saturated carbocycles. The molecule has 2 aromatic carbocycles. The number of carbonyl (C=O) groups excluding carboxylic acids is 1. The van der Waals surface area contributed by atoms with E-state index in [1.165, 1.54) is 5.56 Å². The summed E-state index contributed by atoms with van der Waals surface area (Å²) in [4.78, 5) is 12.6. The van der Waals surface area contributed by atoms with Crippen molar-refractivity contribution in [2.45, 2.75) is 26.2 Å². The van der Waals surface area contributed by atoms with E-state index in [9.17, 15) is 4.79 Å². The Labute approximate surface area is 170 Å². The average molecular weight is 391 g/mol. The molecule has 29 heavy (non-hydrogen) atoms. The first-order valence-electron chi connectivity index (χ1n) is 9.73. The first-order chi connectivity index (χ1) is 14.1. The third kappa shape index (κ3) is 3.89. The summed E-state index contributed by atoms with van der Waals surface area (Å²) in [5.41, 5.74) is 6.33. The lowest BCUT2D eigenvalue weighted by Crippen LogP contribution is -2.24. The van der Waals surface area contributed by atoms with Crippen molar-refractivity contribution >= 4 is 11.6 Å². The van der Waals surface area contributed by atoms with Crippen LogP contribution in [0.4, 0.5) is 5.69 Å². The molecule has 6 nitrogen and oxygen atoms in total. The number of amides is 1. The van der Waals surface area contributed by atoms with Gasteiger partial charge in [0.25, 0.3) is 0 Å². The van der Waals surface area contributed by atoms with E-state index >= 15 is 0 Å². The molecular weight excluding hydrogens is 366 g/mol. The van der Waals surface area contributed by atoms with Crippen LogP contribution < -0.4 is 10.1 Å². The van der Waals surface area contributed by atoms with Gasteiger partial charge >= 0.3 is 0 Å². The molecule has 3 aromatic rings. The predicted octanol–water partition coefficient (Wildman–Crippen LogP) is 3.99. The van der Waals surface area contributed by atoms with Gasteiger partial charge in [0.1, 0.15) is 12.4 Å². The number of nitrogens with zero attached hydrogens (tertiary/aromatic N) is 2. The van der Waals surface area contributed by atoms with E-state index in [0.29, 0.717) is 19.6 Å². The molecule has 2 heterocycles. The monoisotopic (exact) mass is 391 g/mol. The van der Waals surface area contributed by atoms with Gasteiger partial charge in [0.15, 0.2) is 0 Å². The zero-order chi connectivity index (χ0) is 20.4. The maximum absolute atomic E-state index is 12.6. The van der Waals surface area contributed by atoms with Gasteiger partial charge in [-0.2, -0.15) is 5.10 Å². The number of hydrogen-bond acceptors (Lipinski definition) is 4. The van der Waals surface area contributed by atoms with Gasteiger partial charge in [-0.3, -0.25) is 4.79 Å². The number of fused-ring (bicyclic) bond motifs is 1. The maximum Gasteiger partial charge on any atom is 0.225 e. The van der Waals surface area contributed by atoms with Crippen molar-refractivity contribution < 1.29 is 14.3 Å². The molecule has 0 aliphatic carbocycles. The first kappa shape index (κ1) is 19.2. The lowest BCUT2D eigenvalue weighted by molar-refractivity contribution is -0.116. The molecule has 0 spiro atoms. The van der Waals surface area contributed by atoms with Crippen LogP contribution in [-0.2, 0) is 9.53 Å². The van der Waals surface area contributed by atoms with Crippen molar-refractivity contribution in [3.05, 3.63) is 71.0 Å². The molecule has 0 fully saturated rings. The minimum Gasteiger partial charge on any atom is -0.491 e. The van der Waals surface area contributed by atoms with Crippen LogP contribution in [0.5, 0.6) is 5.75 Å².